The molecular formula is C36H74N6O2. The number of carbonyl (C=O) groups excluding carboxylic acids is 2. The van der Waals surface area contributed by atoms with E-state index in [0.29, 0.717) is 25.2 Å². The molecule has 0 fully saturated rings. The van der Waals surface area contributed by atoms with Crippen LogP contribution >= 0.6 is 0 Å². The van der Waals surface area contributed by atoms with E-state index in [1.165, 1.54) is 116 Å². The lowest BCUT2D eigenvalue weighted by molar-refractivity contribution is -0.133. The van der Waals surface area contributed by atoms with Crippen LogP contribution in [-0.4, -0.2) is 60.8 Å². The first-order valence-electron chi connectivity index (χ1n) is 18.7. The average Bonchev–Trinajstić information content (AvgIpc) is 3.01. The number of unbranched alkanes of at least 4 members (excludes halogenated alkanes) is 20. The summed E-state index contributed by atoms with van der Waals surface area (Å²) in [6, 6.07) is -1.40. The number of aliphatic imine (C=N–C) groups is 1. The number of amidine groups is 1. The van der Waals surface area contributed by atoms with Crippen molar-refractivity contribution in [3.8, 4) is 0 Å². The van der Waals surface area contributed by atoms with E-state index in [2.05, 4.69) is 24.2 Å². The first-order chi connectivity index (χ1) is 21.3. The van der Waals surface area contributed by atoms with Gasteiger partial charge in [-0.05, 0) is 32.6 Å². The van der Waals surface area contributed by atoms with Gasteiger partial charge >= 0.3 is 0 Å². The Morgan fingerprint density at radius 1 is 0.614 bits per heavy atom. The predicted octanol–water partition coefficient (Wildman–Crippen LogP) is 7.37. The molecule has 0 aromatic heterocycles. The number of hydrogen-bond acceptors (Lipinski definition) is 5. The maximum Gasteiger partial charge on any atom is 0.241 e. The van der Waals surface area contributed by atoms with Gasteiger partial charge < -0.3 is 27.4 Å². The minimum Gasteiger partial charge on any atom is -0.388 e. The first kappa shape index (κ1) is 42.3. The van der Waals surface area contributed by atoms with Crippen LogP contribution in [0.5, 0.6) is 0 Å². The molecule has 8 heteroatoms. The molecule has 0 heterocycles. The molecule has 0 aliphatic heterocycles. The van der Waals surface area contributed by atoms with Crippen LogP contribution in [0.25, 0.3) is 0 Å². The fourth-order valence-electron chi connectivity index (χ4n) is 5.63. The fraction of sp³-hybridized carbons (Fsp3) is 0.917. The number of nitrogens with one attached hydrogen (secondary N) is 1. The molecule has 0 rings (SSSR count). The largest absolute Gasteiger partial charge is 0.388 e. The van der Waals surface area contributed by atoms with E-state index < -0.39 is 12.1 Å². The molecule has 0 saturated carbocycles. The fourth-order valence-corrected chi connectivity index (χ4v) is 5.63. The Morgan fingerprint density at radius 3 is 1.39 bits per heavy atom. The molecular weight excluding hydrogens is 548 g/mol. The number of rotatable bonds is 32. The average molecular weight is 623 g/mol. The monoisotopic (exact) mass is 623 g/mol. The molecule has 0 saturated heterocycles. The Balaban J connectivity index is 4.48. The molecule has 7 N–H and O–H groups in total. The molecule has 0 aliphatic rings. The van der Waals surface area contributed by atoms with E-state index in [0.717, 1.165) is 38.8 Å². The molecule has 2 amide bonds. The van der Waals surface area contributed by atoms with Crippen molar-refractivity contribution in [1.82, 2.24) is 10.2 Å². The van der Waals surface area contributed by atoms with E-state index >= 15 is 0 Å². The zero-order chi connectivity index (χ0) is 32.7. The van der Waals surface area contributed by atoms with Gasteiger partial charge in [0.25, 0.3) is 0 Å². The molecule has 0 spiro atoms. The van der Waals surface area contributed by atoms with Crippen LogP contribution in [0.4, 0.5) is 0 Å². The lowest BCUT2D eigenvalue weighted by Gasteiger charge is -2.26. The molecule has 8 nitrogen and oxygen atoms in total. The Morgan fingerprint density at radius 2 is 1.00 bits per heavy atom. The Bertz CT molecular complexity index is 698. The molecule has 0 aromatic carbocycles. The summed E-state index contributed by atoms with van der Waals surface area (Å²) in [6.45, 7) is 8.42. The third kappa shape index (κ3) is 26.7. The highest BCUT2D eigenvalue weighted by atomic mass is 16.2. The van der Waals surface area contributed by atoms with Gasteiger partial charge in [0.2, 0.25) is 11.8 Å². The Hall–Kier alpha value is -1.67. The minimum absolute atomic E-state index is 0.0642. The second kappa shape index (κ2) is 31.3. The van der Waals surface area contributed by atoms with Crippen molar-refractivity contribution in [2.75, 3.05) is 26.2 Å². The lowest BCUT2D eigenvalue weighted by atomic mass is 10.0. The number of nitrogens with zero attached hydrogens (tertiary/aromatic N) is 2. The quantitative estimate of drug-likeness (QED) is 0.0352. The van der Waals surface area contributed by atoms with Gasteiger partial charge in [0.05, 0.1) is 11.9 Å². The molecule has 0 aromatic rings. The van der Waals surface area contributed by atoms with Crippen LogP contribution in [0.15, 0.2) is 4.99 Å². The van der Waals surface area contributed by atoms with E-state index in [-0.39, 0.29) is 18.4 Å². The summed E-state index contributed by atoms with van der Waals surface area (Å²) < 4.78 is 0. The van der Waals surface area contributed by atoms with Crippen LogP contribution in [0.1, 0.15) is 175 Å². The normalized spacial score (nSPS) is 13.2. The topological polar surface area (TPSA) is 140 Å². The molecule has 0 aliphatic carbocycles. The van der Waals surface area contributed by atoms with Crippen molar-refractivity contribution in [3.05, 3.63) is 0 Å². The van der Waals surface area contributed by atoms with Crippen molar-refractivity contribution < 1.29 is 9.59 Å². The van der Waals surface area contributed by atoms with Gasteiger partial charge in [-0.25, -0.2) is 0 Å². The summed E-state index contributed by atoms with van der Waals surface area (Å²) in [5.74, 6) is 0.188. The Labute approximate surface area is 272 Å². The zero-order valence-electron chi connectivity index (χ0n) is 29.4. The molecule has 2 unspecified atom stereocenters. The van der Waals surface area contributed by atoms with Gasteiger partial charge in [0.1, 0.15) is 6.04 Å². The van der Waals surface area contributed by atoms with Gasteiger partial charge in [0.15, 0.2) is 0 Å². The highest BCUT2D eigenvalue weighted by Gasteiger charge is 2.22. The number of hydrogen-bond donors (Lipinski definition) is 4. The summed E-state index contributed by atoms with van der Waals surface area (Å²) >= 11 is 0. The number of nitrogens with two attached hydrogens (primary N) is 3. The van der Waals surface area contributed by atoms with E-state index in [1.807, 2.05) is 4.90 Å². The van der Waals surface area contributed by atoms with Crippen LogP contribution in [0.3, 0.4) is 0 Å². The number of carbonyl (C=O) groups is 2. The third-order valence-electron chi connectivity index (χ3n) is 8.56. The molecule has 0 bridgehead atoms. The second-order valence-electron chi connectivity index (χ2n) is 13.0. The van der Waals surface area contributed by atoms with E-state index in [9.17, 15) is 9.59 Å². The summed E-state index contributed by atoms with van der Waals surface area (Å²) in [5, 5.41) is 2.79. The van der Waals surface area contributed by atoms with Gasteiger partial charge in [-0.15, -0.1) is 0 Å². The SMILES string of the molecule is CCCCCCCCCCCCCCN(CCCCCCCCCCCC)C(=O)C(N)CNC(=O)C(N)CCCN=C(C)N. The summed E-state index contributed by atoms with van der Waals surface area (Å²) in [4.78, 5) is 31.9. The third-order valence-corrected chi connectivity index (χ3v) is 8.56. The van der Waals surface area contributed by atoms with Crippen molar-refractivity contribution >= 4 is 17.6 Å². The molecule has 260 valence electrons. The highest BCUT2D eigenvalue weighted by Crippen LogP contribution is 2.14. The smallest absolute Gasteiger partial charge is 0.241 e. The number of amides is 2. The first-order valence-corrected chi connectivity index (χ1v) is 18.7. The van der Waals surface area contributed by atoms with Gasteiger partial charge in [-0.2, -0.15) is 0 Å². The van der Waals surface area contributed by atoms with Gasteiger partial charge in [-0.3, -0.25) is 14.6 Å². The zero-order valence-corrected chi connectivity index (χ0v) is 29.4. The van der Waals surface area contributed by atoms with Crippen molar-refractivity contribution in [3.63, 3.8) is 0 Å². The van der Waals surface area contributed by atoms with Crippen LogP contribution in [0.2, 0.25) is 0 Å². The van der Waals surface area contributed by atoms with Crippen LogP contribution in [0, 0.1) is 0 Å². The van der Waals surface area contributed by atoms with Crippen molar-refractivity contribution in [2.45, 2.75) is 187 Å². The Kier molecular flexibility index (Phi) is 30.1. The lowest BCUT2D eigenvalue weighted by Crippen LogP contribution is -2.52. The molecule has 44 heavy (non-hydrogen) atoms. The highest BCUT2D eigenvalue weighted by molar-refractivity contribution is 5.85. The predicted molar refractivity (Wildman–Crippen MR) is 190 cm³/mol. The summed E-state index contributed by atoms with van der Waals surface area (Å²) in [7, 11) is 0. The maximum atomic E-state index is 13.3. The van der Waals surface area contributed by atoms with E-state index in [4.69, 9.17) is 17.2 Å². The molecule has 2 atom stereocenters. The summed E-state index contributed by atoms with van der Waals surface area (Å²) in [6.07, 6.45) is 29.4. The second-order valence-corrected chi connectivity index (χ2v) is 13.0. The maximum absolute atomic E-state index is 13.3. The van der Waals surface area contributed by atoms with Gasteiger partial charge in [-0.1, -0.05) is 142 Å². The molecule has 0 radical (unpaired) electrons. The minimum atomic E-state index is -0.754. The van der Waals surface area contributed by atoms with Crippen LogP contribution < -0.4 is 22.5 Å². The summed E-state index contributed by atoms with van der Waals surface area (Å²) in [5.41, 5.74) is 17.9. The van der Waals surface area contributed by atoms with Crippen molar-refractivity contribution in [1.29, 1.82) is 0 Å². The van der Waals surface area contributed by atoms with Crippen molar-refractivity contribution in [2.24, 2.45) is 22.2 Å². The van der Waals surface area contributed by atoms with E-state index in [1.54, 1.807) is 6.92 Å². The van der Waals surface area contributed by atoms with Gasteiger partial charge in [0, 0.05) is 26.2 Å². The van der Waals surface area contributed by atoms with Crippen LogP contribution in [-0.2, 0) is 9.59 Å². The standard InChI is InChI=1S/C36H74N6O2/c1-4-6-8-10-12-14-16-17-19-21-23-25-30-42(29-24-22-20-18-15-13-11-9-7-5-2)36(44)34(39)31-41-35(43)33(38)27-26-28-40-32(3)37/h33-34H,4-31,38-39H2,1-3H3,(H2,37,40)(H,41,43).